The maximum atomic E-state index is 13.7. The van der Waals surface area contributed by atoms with Gasteiger partial charge in [-0.15, -0.1) is 12.4 Å². The van der Waals surface area contributed by atoms with Crippen LogP contribution in [-0.4, -0.2) is 24.0 Å². The maximum Gasteiger partial charge on any atom is 0.255 e. The molecular weight excluding hydrogens is 394 g/mol. The second-order valence-electron chi connectivity index (χ2n) is 5.38. The summed E-state index contributed by atoms with van der Waals surface area (Å²) in [5.41, 5.74) is 0.175. The Hall–Kier alpha value is -0.400. The van der Waals surface area contributed by atoms with Crippen LogP contribution in [-0.2, 0) is 0 Å². The first kappa shape index (κ1) is 16.0. The van der Waals surface area contributed by atoms with Crippen molar-refractivity contribution in [3.63, 3.8) is 0 Å². The monoisotopic (exact) mass is 410 g/mol. The highest BCUT2D eigenvalue weighted by Crippen LogP contribution is 2.27. The van der Waals surface area contributed by atoms with Crippen LogP contribution < -0.4 is 10.6 Å². The first-order valence-electron chi connectivity index (χ1n) is 6.64. The maximum absolute atomic E-state index is 13.7. The zero-order valence-electron chi connectivity index (χ0n) is 10.9. The highest BCUT2D eigenvalue weighted by atomic mass is 127. The van der Waals surface area contributed by atoms with Gasteiger partial charge >= 0.3 is 0 Å². The van der Waals surface area contributed by atoms with Gasteiger partial charge in [0, 0.05) is 21.7 Å². The van der Waals surface area contributed by atoms with Gasteiger partial charge in [-0.25, -0.2) is 4.39 Å². The second kappa shape index (κ2) is 6.58. The van der Waals surface area contributed by atoms with Crippen LogP contribution in [0.2, 0.25) is 0 Å². The Morgan fingerprint density at radius 1 is 1.30 bits per heavy atom. The molecule has 0 aliphatic carbocycles. The van der Waals surface area contributed by atoms with Crippen molar-refractivity contribution in [3.05, 3.63) is 33.1 Å². The first-order valence-corrected chi connectivity index (χ1v) is 7.72. The molecule has 2 heterocycles. The van der Waals surface area contributed by atoms with Gasteiger partial charge in [-0.1, -0.05) is 6.07 Å². The number of halogens is 3. The molecule has 1 amide bonds. The molecule has 20 heavy (non-hydrogen) atoms. The zero-order valence-corrected chi connectivity index (χ0v) is 13.8. The molecule has 2 aliphatic heterocycles. The summed E-state index contributed by atoms with van der Waals surface area (Å²) in [6, 6.07) is 5.92. The average Bonchev–Trinajstić information content (AvgIpc) is 2.68. The summed E-state index contributed by atoms with van der Waals surface area (Å²) < 4.78 is 14.4. The van der Waals surface area contributed by atoms with Crippen LogP contribution in [0.25, 0.3) is 0 Å². The third-order valence-electron chi connectivity index (χ3n) is 4.00. The Morgan fingerprint density at radius 2 is 1.95 bits per heavy atom. The normalized spacial score (nSPS) is 27.8. The molecule has 2 N–H and O–H groups in total. The van der Waals surface area contributed by atoms with Gasteiger partial charge in [0.25, 0.3) is 5.91 Å². The van der Waals surface area contributed by atoms with Gasteiger partial charge in [-0.2, -0.15) is 0 Å². The van der Waals surface area contributed by atoms with E-state index in [1.807, 2.05) is 22.6 Å². The Bertz CT molecular complexity index is 482. The molecule has 110 valence electrons. The van der Waals surface area contributed by atoms with E-state index in [1.54, 1.807) is 12.1 Å². The topological polar surface area (TPSA) is 41.1 Å². The number of benzene rings is 1. The third kappa shape index (κ3) is 3.26. The SMILES string of the molecule is Cl.O=C(NC1CC2CCC(C1)N2)c1c(F)cccc1I. The van der Waals surface area contributed by atoms with Gasteiger partial charge < -0.3 is 10.6 Å². The molecule has 6 heteroatoms. The Balaban J connectivity index is 0.00000147. The number of fused-ring (bicyclic) bond motifs is 2. The summed E-state index contributed by atoms with van der Waals surface area (Å²) in [4.78, 5) is 12.2. The van der Waals surface area contributed by atoms with Crippen molar-refractivity contribution in [2.75, 3.05) is 0 Å². The lowest BCUT2D eigenvalue weighted by atomic mass is 9.99. The molecule has 2 fully saturated rings. The number of hydrogen-bond acceptors (Lipinski definition) is 2. The van der Waals surface area contributed by atoms with E-state index in [1.165, 1.54) is 18.9 Å². The Labute approximate surface area is 137 Å². The highest BCUT2D eigenvalue weighted by molar-refractivity contribution is 14.1. The molecule has 1 aromatic rings. The molecule has 0 aromatic heterocycles. The largest absolute Gasteiger partial charge is 0.349 e. The summed E-state index contributed by atoms with van der Waals surface area (Å²) in [6.07, 6.45) is 4.28. The smallest absolute Gasteiger partial charge is 0.255 e. The zero-order chi connectivity index (χ0) is 13.4. The standard InChI is InChI=1S/C14H16FIN2O.ClH/c15-11-2-1-3-12(16)13(11)14(19)18-10-6-8-4-5-9(7-10)17-8;/h1-3,8-10,17H,4-7H2,(H,18,19);1H. The van der Waals surface area contributed by atoms with E-state index in [4.69, 9.17) is 0 Å². The summed E-state index contributed by atoms with van der Waals surface area (Å²) in [7, 11) is 0. The predicted octanol–water partition coefficient (Wildman–Crippen LogP) is 2.86. The van der Waals surface area contributed by atoms with Crippen LogP contribution in [0.4, 0.5) is 4.39 Å². The first-order chi connectivity index (χ1) is 9.13. The number of rotatable bonds is 2. The molecule has 1 aromatic carbocycles. The molecular formula is C14H17ClFIN2O. The number of carbonyl (C=O) groups excluding carboxylic acids is 1. The third-order valence-corrected chi connectivity index (χ3v) is 4.90. The van der Waals surface area contributed by atoms with Gasteiger partial charge in [-0.05, 0) is 60.4 Å². The summed E-state index contributed by atoms with van der Waals surface area (Å²) in [5.74, 6) is -0.727. The number of hydrogen-bond donors (Lipinski definition) is 2. The lowest BCUT2D eigenvalue weighted by Gasteiger charge is -2.29. The van der Waals surface area contributed by atoms with Gasteiger partial charge in [0.15, 0.2) is 0 Å². The van der Waals surface area contributed by atoms with E-state index in [9.17, 15) is 9.18 Å². The molecule has 2 bridgehead atoms. The van der Waals surface area contributed by atoms with Crippen LogP contribution in [0.5, 0.6) is 0 Å². The van der Waals surface area contributed by atoms with Crippen molar-refractivity contribution in [1.29, 1.82) is 0 Å². The molecule has 0 saturated carbocycles. The number of piperidine rings is 1. The van der Waals surface area contributed by atoms with Gasteiger partial charge in [-0.3, -0.25) is 4.79 Å². The van der Waals surface area contributed by atoms with Crippen molar-refractivity contribution in [2.24, 2.45) is 0 Å². The summed E-state index contributed by atoms with van der Waals surface area (Å²) >= 11 is 2.00. The Morgan fingerprint density at radius 3 is 2.55 bits per heavy atom. The minimum atomic E-state index is -0.443. The van der Waals surface area contributed by atoms with E-state index >= 15 is 0 Å². The molecule has 0 spiro atoms. The molecule has 2 aliphatic rings. The van der Waals surface area contributed by atoms with Crippen molar-refractivity contribution in [3.8, 4) is 0 Å². The molecule has 2 atom stereocenters. The molecule has 2 unspecified atom stereocenters. The quantitative estimate of drug-likeness (QED) is 0.736. The van der Waals surface area contributed by atoms with Gasteiger partial charge in [0.2, 0.25) is 0 Å². The fraction of sp³-hybridized carbons (Fsp3) is 0.500. The van der Waals surface area contributed by atoms with Crippen molar-refractivity contribution in [2.45, 2.75) is 43.8 Å². The van der Waals surface area contributed by atoms with Crippen molar-refractivity contribution in [1.82, 2.24) is 10.6 Å². The average molecular weight is 411 g/mol. The molecule has 2 saturated heterocycles. The predicted molar refractivity (Wildman–Crippen MR) is 86.8 cm³/mol. The summed E-state index contributed by atoms with van der Waals surface area (Å²) in [6.45, 7) is 0. The number of nitrogens with one attached hydrogen (secondary N) is 2. The molecule has 3 nitrogen and oxygen atoms in total. The van der Waals surface area contributed by atoms with E-state index in [2.05, 4.69) is 10.6 Å². The van der Waals surface area contributed by atoms with Gasteiger partial charge in [0.1, 0.15) is 5.82 Å². The summed E-state index contributed by atoms with van der Waals surface area (Å²) in [5, 5.41) is 6.52. The van der Waals surface area contributed by atoms with E-state index in [0.717, 1.165) is 12.8 Å². The fourth-order valence-electron chi connectivity index (χ4n) is 3.15. The second-order valence-corrected chi connectivity index (χ2v) is 6.54. The minimum absolute atomic E-state index is 0. The van der Waals surface area contributed by atoms with Gasteiger partial charge in [0.05, 0.1) is 5.56 Å². The lowest BCUT2D eigenvalue weighted by molar-refractivity contribution is 0.0919. The fourth-order valence-corrected chi connectivity index (χ4v) is 3.86. The van der Waals surface area contributed by atoms with Crippen LogP contribution >= 0.6 is 35.0 Å². The van der Waals surface area contributed by atoms with Crippen LogP contribution in [0.15, 0.2) is 18.2 Å². The van der Waals surface area contributed by atoms with Crippen molar-refractivity contribution < 1.29 is 9.18 Å². The van der Waals surface area contributed by atoms with Crippen LogP contribution in [0.1, 0.15) is 36.0 Å². The molecule has 3 rings (SSSR count). The van der Waals surface area contributed by atoms with E-state index in [-0.39, 0.29) is 29.9 Å². The van der Waals surface area contributed by atoms with E-state index in [0.29, 0.717) is 15.7 Å². The van der Waals surface area contributed by atoms with Crippen molar-refractivity contribution >= 4 is 40.9 Å². The minimum Gasteiger partial charge on any atom is -0.349 e. The number of carbonyl (C=O) groups is 1. The van der Waals surface area contributed by atoms with Crippen LogP contribution in [0.3, 0.4) is 0 Å². The number of amides is 1. The van der Waals surface area contributed by atoms with Crippen LogP contribution in [0, 0.1) is 9.39 Å². The van der Waals surface area contributed by atoms with E-state index < -0.39 is 5.82 Å². The molecule has 0 radical (unpaired) electrons. The Kier molecular flexibility index (Phi) is 5.25. The highest BCUT2D eigenvalue weighted by Gasteiger charge is 2.34. The lowest BCUT2D eigenvalue weighted by Crippen LogP contribution is -2.48.